The first-order valence-electron chi connectivity index (χ1n) is 35.4. The lowest BCUT2D eigenvalue weighted by molar-refractivity contribution is -0.123. The van der Waals surface area contributed by atoms with E-state index in [0.717, 1.165) is 33.4 Å². The topological polar surface area (TPSA) is 466 Å². The Morgan fingerprint density at radius 1 is 0.271 bits per heavy atom. The van der Waals surface area contributed by atoms with Gasteiger partial charge < -0.3 is 94.5 Å². The second-order valence-electron chi connectivity index (χ2n) is 23.8. The van der Waals surface area contributed by atoms with Gasteiger partial charge in [-0.15, -0.1) is 61.2 Å². The number of hydrogen-bond acceptors (Lipinski definition) is 31. The van der Waals surface area contributed by atoms with Crippen molar-refractivity contribution in [2.45, 2.75) is 64.8 Å². The van der Waals surface area contributed by atoms with Crippen molar-refractivity contribution in [1.29, 1.82) is 0 Å². The number of nitrogens with two attached hydrogens (primary N) is 1. The Balaban J connectivity index is 0.746. The van der Waals surface area contributed by atoms with Gasteiger partial charge in [0, 0.05) is 75.2 Å². The minimum atomic E-state index is -1.20. The average molecular weight is 1500 g/mol. The largest absolute Gasteiger partial charge is 0.379 e. The maximum Gasteiger partial charge on any atom is 0.224 e. The summed E-state index contributed by atoms with van der Waals surface area (Å²) in [7, 11) is 0. The van der Waals surface area contributed by atoms with Crippen LogP contribution in [-0.4, -0.2) is 300 Å². The van der Waals surface area contributed by atoms with Gasteiger partial charge in [-0.25, -0.2) is 0 Å². The predicted molar refractivity (Wildman–Crippen MR) is 383 cm³/mol. The van der Waals surface area contributed by atoms with Gasteiger partial charge >= 0.3 is 0 Å². The fourth-order valence-electron chi connectivity index (χ4n) is 9.16. The van der Waals surface area contributed by atoms with Crippen LogP contribution in [0.2, 0.25) is 0 Å². The first kappa shape index (κ1) is 86.7. The molecule has 3 heterocycles. The quantitative estimate of drug-likeness (QED) is 0.0229. The number of aromatic nitrogens is 12. The van der Waals surface area contributed by atoms with Crippen LogP contribution in [0.4, 0.5) is 0 Å². The van der Waals surface area contributed by atoms with E-state index in [9.17, 15) is 28.8 Å². The number of carbonyl (C=O) groups is 6. The lowest BCUT2D eigenvalue weighted by atomic mass is 10.1. The minimum Gasteiger partial charge on any atom is -0.379 e. The molecule has 6 aromatic rings. The molecule has 0 radical (unpaired) electrons. The molecule has 0 fully saturated rings. The van der Waals surface area contributed by atoms with Crippen molar-refractivity contribution in [3.8, 4) is 34.2 Å². The molecule has 0 atom stereocenters. The molecule has 37 nitrogen and oxygen atoms in total. The molecule has 0 aliphatic rings. The van der Waals surface area contributed by atoms with Crippen LogP contribution in [0.25, 0.3) is 34.2 Å². The summed E-state index contributed by atoms with van der Waals surface area (Å²) in [6, 6.07) is 21.9. The Hall–Kier alpha value is -9.22. The third-order valence-electron chi connectivity index (χ3n) is 14.7. The van der Waals surface area contributed by atoms with Gasteiger partial charge in [0.25, 0.3) is 0 Å². The normalized spacial score (nSPS) is 11.3. The monoisotopic (exact) mass is 1500 g/mol. The highest BCUT2D eigenvalue weighted by Gasteiger charge is 2.27. The van der Waals surface area contributed by atoms with E-state index in [2.05, 4.69) is 93.1 Å². The highest BCUT2D eigenvalue weighted by molar-refractivity contribution is 5.80. The molecular weight excluding hydrogens is 1390 g/mol. The average Bonchev–Trinajstić information content (AvgIpc) is 0.829. The second-order valence-corrected chi connectivity index (χ2v) is 23.8. The number of carbonyl (C=O) groups excluding carboxylic acids is 6. The smallest absolute Gasteiger partial charge is 0.224 e. The van der Waals surface area contributed by atoms with Crippen LogP contribution in [0.5, 0.6) is 0 Å². The van der Waals surface area contributed by atoms with Gasteiger partial charge in [0.05, 0.1) is 183 Å². The third kappa shape index (κ3) is 40.4. The number of benzene rings is 3. The van der Waals surface area contributed by atoms with E-state index in [-0.39, 0.29) is 153 Å². The van der Waals surface area contributed by atoms with Crippen molar-refractivity contribution >= 4 is 35.4 Å². The molecule has 0 aliphatic carbocycles. The lowest BCUT2D eigenvalue weighted by Crippen LogP contribution is -2.53. The maximum atomic E-state index is 12.6. The van der Waals surface area contributed by atoms with Gasteiger partial charge in [-0.2, -0.15) is 0 Å². The van der Waals surface area contributed by atoms with Gasteiger partial charge in [-0.3, -0.25) is 28.8 Å². The fraction of sp³-hybridized carbons (Fsp3) is 0.571. The Morgan fingerprint density at radius 3 is 0.682 bits per heavy atom. The lowest BCUT2D eigenvalue weighted by Gasteiger charge is -2.29. The highest BCUT2D eigenvalue weighted by Crippen LogP contribution is 2.17. The number of ether oxygens (including phenoxy) is 12. The van der Waals surface area contributed by atoms with Crippen LogP contribution in [0, 0.1) is 20.8 Å². The molecule has 37 heteroatoms. The molecule has 3 aromatic carbocycles. The van der Waals surface area contributed by atoms with E-state index in [1.54, 1.807) is 20.8 Å². The van der Waals surface area contributed by atoms with Gasteiger partial charge in [0.1, 0.15) is 0 Å². The molecular formula is C70H101N19O18. The van der Waals surface area contributed by atoms with Crippen LogP contribution >= 0.6 is 0 Å². The molecule has 584 valence electrons. The van der Waals surface area contributed by atoms with Crippen LogP contribution in [0.3, 0.4) is 0 Å². The van der Waals surface area contributed by atoms with E-state index in [0.29, 0.717) is 154 Å². The number of nitrogens with one attached hydrogen (secondary N) is 6. The summed E-state index contributed by atoms with van der Waals surface area (Å²) in [5.74, 6) is 1.50. The Morgan fingerprint density at radius 2 is 0.467 bits per heavy atom. The van der Waals surface area contributed by atoms with Crippen LogP contribution in [0.15, 0.2) is 72.8 Å². The van der Waals surface area contributed by atoms with E-state index < -0.39 is 5.54 Å². The molecule has 6 rings (SSSR count). The Labute approximate surface area is 621 Å². The van der Waals surface area contributed by atoms with Crippen molar-refractivity contribution < 1.29 is 85.6 Å². The molecule has 8 N–H and O–H groups in total. The van der Waals surface area contributed by atoms with Crippen LogP contribution in [-0.2, 0) is 105 Å². The second kappa shape index (κ2) is 53.5. The SMILES string of the molecule is Cc1nnc(-c2ccc(CC(=O)NCCOCCOCCOCCNC(=O)CCOCC(N)(COCCC(=O)NCCOCCOCCOCCNC(=O)Cc3ccc(-c4nnc(C)nn4)cc3)COCCC(=O)NCCOCCOCCOCCNC(=O)Cc3ccc(-c4nnc(C)nn4)cc3)cc2)nn1. The molecule has 0 unspecified atom stereocenters. The summed E-state index contributed by atoms with van der Waals surface area (Å²) in [6.07, 6.45) is 0.755. The summed E-state index contributed by atoms with van der Waals surface area (Å²) in [5, 5.41) is 64.6. The van der Waals surface area contributed by atoms with Crippen LogP contribution in [0.1, 0.15) is 53.4 Å². The first-order chi connectivity index (χ1) is 52.2. The Kier molecular flexibility index (Phi) is 43.4. The molecule has 107 heavy (non-hydrogen) atoms. The molecule has 0 aliphatic heterocycles. The summed E-state index contributed by atoms with van der Waals surface area (Å²) in [5.41, 5.74) is 10.3. The molecule has 0 saturated carbocycles. The van der Waals surface area contributed by atoms with Crippen molar-refractivity contribution in [2.24, 2.45) is 5.73 Å². The van der Waals surface area contributed by atoms with Gasteiger partial charge in [-0.05, 0) is 37.5 Å². The summed E-state index contributed by atoms with van der Waals surface area (Å²) < 4.78 is 67.5. The fourth-order valence-corrected chi connectivity index (χ4v) is 9.16. The molecule has 0 saturated heterocycles. The molecule has 0 bridgehead atoms. The maximum absolute atomic E-state index is 12.6. The van der Waals surface area contributed by atoms with Crippen molar-refractivity contribution in [3.05, 3.63) is 107 Å². The summed E-state index contributed by atoms with van der Waals surface area (Å²) in [6.45, 7) is 12.6. The first-order valence-corrected chi connectivity index (χ1v) is 35.4. The van der Waals surface area contributed by atoms with Crippen LogP contribution < -0.4 is 37.6 Å². The number of amides is 6. The molecule has 6 amide bonds. The minimum absolute atomic E-state index is 0.0392. The molecule has 3 aromatic heterocycles. The van der Waals surface area contributed by atoms with E-state index >= 15 is 0 Å². The van der Waals surface area contributed by atoms with Gasteiger partial charge in [0.15, 0.2) is 17.5 Å². The third-order valence-corrected chi connectivity index (χ3v) is 14.7. The van der Waals surface area contributed by atoms with Crippen molar-refractivity contribution in [2.75, 3.05) is 198 Å². The van der Waals surface area contributed by atoms with Crippen molar-refractivity contribution in [3.63, 3.8) is 0 Å². The standard InChI is InChI=1S/C70H101N19O18/c1-52-78-84-67(85-79-52)58-10-4-55(5-11-58)46-64(93)75-22-31-99-37-43-102-40-34-96-28-19-72-61(90)16-25-105-49-70(71,50-106-26-17-62(91)73-20-29-97-35-41-103-44-38-100-32-23-76-65(94)47-56-6-12-59(13-7-56)68-86-80-53(2)81-87-68)51-107-27-18-63(92)74-21-30-98-36-42-104-45-39-101-33-24-77-66(95)48-57-8-14-60(15-9-57)69-88-82-54(3)83-89-69/h4-15H,16-51,71H2,1-3H3,(H,72,90)(H,73,91)(H,74,92)(H,75,93)(H,76,94)(H,77,95). The summed E-state index contributed by atoms with van der Waals surface area (Å²) >= 11 is 0. The number of rotatable bonds is 60. The Bertz CT molecular complexity index is 3100. The highest BCUT2D eigenvalue weighted by atomic mass is 16.6. The van der Waals surface area contributed by atoms with Gasteiger partial charge in [0.2, 0.25) is 52.9 Å². The number of hydrogen-bond donors (Lipinski definition) is 7. The van der Waals surface area contributed by atoms with E-state index in [4.69, 9.17) is 62.6 Å². The zero-order valence-electron chi connectivity index (χ0n) is 61.2. The summed E-state index contributed by atoms with van der Waals surface area (Å²) in [4.78, 5) is 75.0. The predicted octanol–water partition coefficient (Wildman–Crippen LogP) is -0.855. The number of aryl methyl sites for hydroxylation is 3. The van der Waals surface area contributed by atoms with Crippen molar-refractivity contribution in [1.82, 2.24) is 93.1 Å². The zero-order chi connectivity index (χ0) is 76.0. The zero-order valence-corrected chi connectivity index (χ0v) is 61.2. The molecule has 0 spiro atoms. The van der Waals surface area contributed by atoms with E-state index in [1.165, 1.54) is 0 Å². The number of nitrogens with zero attached hydrogens (tertiary/aromatic N) is 12. The van der Waals surface area contributed by atoms with Gasteiger partial charge in [-0.1, -0.05) is 72.8 Å². The van der Waals surface area contributed by atoms with E-state index in [1.807, 2.05) is 72.8 Å².